The number of hydrogen-bond donors (Lipinski definition) is 2. The van der Waals surface area contributed by atoms with Crippen LogP contribution in [0.1, 0.15) is 16.1 Å². The predicted molar refractivity (Wildman–Crippen MR) is 73.9 cm³/mol. The molecule has 2 N–H and O–H groups in total. The van der Waals surface area contributed by atoms with Crippen LogP contribution in [-0.2, 0) is 23.6 Å². The second-order valence-corrected chi connectivity index (χ2v) is 6.41. The molecule has 0 atom stereocenters. The van der Waals surface area contributed by atoms with E-state index in [9.17, 15) is 13.2 Å². The van der Waals surface area contributed by atoms with Crippen LogP contribution in [-0.4, -0.2) is 39.5 Å². The van der Waals surface area contributed by atoms with Crippen LogP contribution in [0.2, 0.25) is 0 Å². The molecule has 0 saturated heterocycles. The molecule has 2 aromatic rings. The molecule has 0 aliphatic carbocycles. The van der Waals surface area contributed by atoms with E-state index in [-0.39, 0.29) is 27.4 Å². The lowest BCUT2D eigenvalue weighted by Crippen LogP contribution is -2.26. The molecule has 21 heavy (non-hydrogen) atoms. The first kappa shape index (κ1) is 15.5. The summed E-state index contributed by atoms with van der Waals surface area (Å²) in [5.41, 5.74) is 0.312. The van der Waals surface area contributed by atoms with Gasteiger partial charge in [-0.15, -0.1) is 5.10 Å². The fourth-order valence-electron chi connectivity index (χ4n) is 1.55. The van der Waals surface area contributed by atoms with Crippen molar-refractivity contribution in [1.29, 1.82) is 0 Å². The molecule has 0 aliphatic rings. The Morgan fingerprint density at radius 2 is 2.24 bits per heavy atom. The molecule has 0 amide bonds. The van der Waals surface area contributed by atoms with Gasteiger partial charge in [-0.2, -0.15) is 0 Å². The number of nitrogens with one attached hydrogen (secondary N) is 1. The Labute approximate surface area is 128 Å². The van der Waals surface area contributed by atoms with Gasteiger partial charge in [-0.25, -0.2) is 22.6 Å². The lowest BCUT2D eigenvalue weighted by Gasteiger charge is -2.06. The van der Waals surface area contributed by atoms with Crippen molar-refractivity contribution < 1.29 is 18.3 Å². The molecule has 0 radical (unpaired) electrons. The zero-order valence-corrected chi connectivity index (χ0v) is 13.1. The average Bonchev–Trinajstić information content (AvgIpc) is 2.77. The molecule has 0 aromatic carbocycles. The molecule has 2 aromatic heterocycles. The monoisotopic (exact) mass is 375 g/mol. The van der Waals surface area contributed by atoms with Crippen molar-refractivity contribution in [2.75, 3.05) is 0 Å². The van der Waals surface area contributed by atoms with E-state index in [1.54, 1.807) is 0 Å². The largest absolute Gasteiger partial charge is 0.478 e. The number of sulfonamides is 1. The number of carboxylic acids is 1. The van der Waals surface area contributed by atoms with E-state index < -0.39 is 16.0 Å². The second kappa shape index (κ2) is 5.87. The van der Waals surface area contributed by atoms with Gasteiger partial charge in [0.05, 0.1) is 17.8 Å². The van der Waals surface area contributed by atoms with E-state index in [2.05, 4.69) is 35.9 Å². The minimum Gasteiger partial charge on any atom is -0.478 e. The molecule has 0 spiro atoms. The van der Waals surface area contributed by atoms with Crippen molar-refractivity contribution >= 4 is 31.9 Å². The number of aromatic nitrogens is 4. The summed E-state index contributed by atoms with van der Waals surface area (Å²) in [6, 6.07) is 2.61. The van der Waals surface area contributed by atoms with Crippen molar-refractivity contribution in [1.82, 2.24) is 24.7 Å². The van der Waals surface area contributed by atoms with Gasteiger partial charge in [0.1, 0.15) is 0 Å². The van der Waals surface area contributed by atoms with E-state index in [0.717, 1.165) is 4.68 Å². The number of hydrogen-bond acceptors (Lipinski definition) is 6. The third-order valence-electron chi connectivity index (χ3n) is 2.50. The Bertz CT molecular complexity index is 769. The number of rotatable bonds is 5. The van der Waals surface area contributed by atoms with Crippen molar-refractivity contribution in [3.63, 3.8) is 0 Å². The van der Waals surface area contributed by atoms with Gasteiger partial charge in [0.15, 0.2) is 4.60 Å². The van der Waals surface area contributed by atoms with Crippen molar-refractivity contribution in [3.8, 4) is 0 Å². The summed E-state index contributed by atoms with van der Waals surface area (Å²) in [6.45, 7) is -0.152. The summed E-state index contributed by atoms with van der Waals surface area (Å²) < 4.78 is 27.8. The molecular weight excluding hydrogens is 366 g/mol. The summed E-state index contributed by atoms with van der Waals surface area (Å²) in [7, 11) is -2.42. The first-order valence-corrected chi connectivity index (χ1v) is 7.82. The zero-order valence-electron chi connectivity index (χ0n) is 10.7. The predicted octanol–water partition coefficient (Wildman–Crippen LogP) is 0.149. The molecule has 11 heteroatoms. The summed E-state index contributed by atoms with van der Waals surface area (Å²) in [5.74, 6) is -1.11. The van der Waals surface area contributed by atoms with Crippen LogP contribution in [0, 0.1) is 0 Å². The maximum absolute atomic E-state index is 12.1. The smallest absolute Gasteiger partial charge is 0.335 e. The van der Waals surface area contributed by atoms with Gasteiger partial charge >= 0.3 is 5.97 Å². The SMILES string of the molecule is Cn1nnc(Br)c1S(=O)(=O)NCc1cc(C(=O)O)ccn1. The topological polar surface area (TPSA) is 127 Å². The van der Waals surface area contributed by atoms with Gasteiger partial charge in [0, 0.05) is 13.2 Å². The van der Waals surface area contributed by atoms with Gasteiger partial charge in [0.2, 0.25) is 5.03 Å². The van der Waals surface area contributed by atoms with E-state index in [0.29, 0.717) is 0 Å². The quantitative estimate of drug-likeness (QED) is 0.760. The van der Waals surface area contributed by atoms with Crippen LogP contribution >= 0.6 is 15.9 Å². The molecule has 2 rings (SSSR count). The van der Waals surface area contributed by atoms with Gasteiger partial charge in [0.25, 0.3) is 10.0 Å². The number of carboxylic acid groups (broad SMARTS) is 1. The second-order valence-electron chi connectivity index (χ2n) is 3.97. The molecule has 0 unspecified atom stereocenters. The maximum atomic E-state index is 12.1. The summed E-state index contributed by atoms with van der Waals surface area (Å²) in [4.78, 5) is 14.7. The van der Waals surface area contributed by atoms with Gasteiger partial charge in [-0.1, -0.05) is 5.21 Å². The van der Waals surface area contributed by atoms with E-state index in [4.69, 9.17) is 5.11 Å². The minimum atomic E-state index is -3.86. The van der Waals surface area contributed by atoms with Gasteiger partial charge in [-0.05, 0) is 28.1 Å². The Morgan fingerprint density at radius 1 is 1.52 bits per heavy atom. The highest BCUT2D eigenvalue weighted by Gasteiger charge is 2.23. The molecular formula is C10H10BrN5O4S. The number of halogens is 1. The molecule has 2 heterocycles. The number of nitrogens with zero attached hydrogens (tertiary/aromatic N) is 4. The standard InChI is InChI=1S/C10H10BrN5O4S/c1-16-9(8(11)14-15-16)21(19,20)13-5-7-4-6(10(17)18)2-3-12-7/h2-4,13H,5H2,1H3,(H,17,18). The van der Waals surface area contributed by atoms with E-state index >= 15 is 0 Å². The average molecular weight is 376 g/mol. The Balaban J connectivity index is 2.20. The molecule has 0 saturated carbocycles. The van der Waals surface area contributed by atoms with Gasteiger partial charge in [-0.3, -0.25) is 4.98 Å². The Hall–Kier alpha value is -1.85. The lowest BCUT2D eigenvalue weighted by atomic mass is 10.2. The summed E-state index contributed by atoms with van der Waals surface area (Å²) >= 11 is 3.00. The zero-order chi connectivity index (χ0) is 15.6. The highest BCUT2D eigenvalue weighted by molar-refractivity contribution is 9.10. The third-order valence-corrected chi connectivity index (χ3v) is 4.79. The summed E-state index contributed by atoms with van der Waals surface area (Å²) in [6.07, 6.45) is 1.30. The first-order chi connectivity index (χ1) is 9.81. The van der Waals surface area contributed by atoms with E-state index in [1.807, 2.05) is 0 Å². The number of carbonyl (C=O) groups is 1. The van der Waals surface area contributed by atoms with Crippen LogP contribution in [0.25, 0.3) is 0 Å². The van der Waals surface area contributed by atoms with Crippen molar-refractivity contribution in [2.24, 2.45) is 7.05 Å². The normalized spacial score (nSPS) is 11.5. The van der Waals surface area contributed by atoms with Crippen LogP contribution < -0.4 is 4.72 Å². The van der Waals surface area contributed by atoms with Crippen molar-refractivity contribution in [2.45, 2.75) is 11.6 Å². The van der Waals surface area contributed by atoms with Crippen LogP contribution in [0.3, 0.4) is 0 Å². The van der Waals surface area contributed by atoms with Crippen LogP contribution in [0.15, 0.2) is 28.0 Å². The summed E-state index contributed by atoms with van der Waals surface area (Å²) in [5, 5.41) is 15.9. The highest BCUT2D eigenvalue weighted by atomic mass is 79.9. The van der Waals surface area contributed by atoms with Gasteiger partial charge < -0.3 is 5.11 Å². The van der Waals surface area contributed by atoms with Crippen LogP contribution in [0.4, 0.5) is 0 Å². The molecule has 0 aliphatic heterocycles. The Kier molecular flexibility index (Phi) is 4.34. The molecule has 0 bridgehead atoms. The number of aryl methyl sites for hydroxylation is 1. The fraction of sp³-hybridized carbons (Fsp3) is 0.200. The lowest BCUT2D eigenvalue weighted by molar-refractivity contribution is 0.0696. The molecule has 0 fully saturated rings. The van der Waals surface area contributed by atoms with E-state index in [1.165, 1.54) is 25.4 Å². The van der Waals surface area contributed by atoms with Crippen LogP contribution in [0.5, 0.6) is 0 Å². The number of aromatic carboxylic acids is 1. The number of pyridine rings is 1. The molecule has 9 nitrogen and oxygen atoms in total. The Morgan fingerprint density at radius 3 is 2.81 bits per heavy atom. The first-order valence-electron chi connectivity index (χ1n) is 5.54. The maximum Gasteiger partial charge on any atom is 0.335 e. The highest BCUT2D eigenvalue weighted by Crippen LogP contribution is 2.17. The fourth-order valence-corrected chi connectivity index (χ4v) is 3.64. The van der Waals surface area contributed by atoms with Crippen molar-refractivity contribution in [3.05, 3.63) is 34.2 Å². The minimum absolute atomic E-state index is 0.0302. The molecule has 112 valence electrons. The third kappa shape index (κ3) is 3.43.